The summed E-state index contributed by atoms with van der Waals surface area (Å²) in [5, 5.41) is 13.5. The molecule has 0 saturated heterocycles. The number of fused-ring (bicyclic) bond motifs is 3. The second-order valence-electron chi connectivity index (χ2n) is 5.13. The molecule has 0 aromatic heterocycles. The molecule has 0 heterocycles. The smallest absolute Gasteiger partial charge is 0.203 e. The molecule has 0 radical (unpaired) electrons. The van der Waals surface area contributed by atoms with Crippen LogP contribution in [-0.2, 0) is 0 Å². The summed E-state index contributed by atoms with van der Waals surface area (Å²) < 4.78 is 16.6. The molecule has 0 atom stereocenters. The molecule has 0 saturated carbocycles. The second-order valence-corrected chi connectivity index (χ2v) is 5.95. The number of nitrogens with zero attached hydrogens (tertiary/aromatic N) is 1. The van der Waals surface area contributed by atoms with Gasteiger partial charge in [-0.15, -0.1) is 11.8 Å². The van der Waals surface area contributed by atoms with Crippen LogP contribution in [0.4, 0.5) is 0 Å². The minimum atomic E-state index is 0.526. The van der Waals surface area contributed by atoms with Crippen molar-refractivity contribution in [2.24, 2.45) is 0 Å². The highest BCUT2D eigenvalue weighted by atomic mass is 32.2. The van der Waals surface area contributed by atoms with Crippen LogP contribution in [0.3, 0.4) is 0 Å². The van der Waals surface area contributed by atoms with E-state index in [1.54, 1.807) is 33.1 Å². The molecular formula is C19H17NO3S. The molecule has 5 heteroatoms. The zero-order chi connectivity index (χ0) is 17.3. The lowest BCUT2D eigenvalue weighted by Crippen LogP contribution is -1.98. The highest BCUT2D eigenvalue weighted by molar-refractivity contribution is 7.98. The Balaban J connectivity index is 2.68. The average Bonchev–Trinajstić information content (AvgIpc) is 2.64. The first-order chi connectivity index (χ1) is 11.7. The summed E-state index contributed by atoms with van der Waals surface area (Å²) in [5.41, 5.74) is 0.621. The SMILES string of the molecule is COc1cc2c(C#N)c(SC)c3ccccc3c2c(OC)c1OC. The third-order valence-electron chi connectivity index (χ3n) is 4.08. The van der Waals surface area contributed by atoms with Gasteiger partial charge in [-0.05, 0) is 23.1 Å². The summed E-state index contributed by atoms with van der Waals surface area (Å²) in [6.45, 7) is 0. The van der Waals surface area contributed by atoms with Crippen molar-refractivity contribution >= 4 is 33.3 Å². The van der Waals surface area contributed by atoms with Gasteiger partial charge in [0.25, 0.3) is 0 Å². The van der Waals surface area contributed by atoms with Crippen molar-refractivity contribution in [3.8, 4) is 23.3 Å². The summed E-state index contributed by atoms with van der Waals surface area (Å²) in [6, 6.07) is 12.2. The van der Waals surface area contributed by atoms with Crippen LogP contribution < -0.4 is 14.2 Å². The Bertz CT molecular complexity index is 976. The van der Waals surface area contributed by atoms with Gasteiger partial charge in [-0.3, -0.25) is 0 Å². The Labute approximate surface area is 144 Å². The number of thioether (sulfide) groups is 1. The van der Waals surface area contributed by atoms with E-state index in [4.69, 9.17) is 14.2 Å². The van der Waals surface area contributed by atoms with E-state index in [0.29, 0.717) is 22.8 Å². The average molecular weight is 339 g/mol. The van der Waals surface area contributed by atoms with E-state index >= 15 is 0 Å². The summed E-state index contributed by atoms with van der Waals surface area (Å²) in [4.78, 5) is 0.954. The summed E-state index contributed by atoms with van der Waals surface area (Å²) >= 11 is 1.57. The summed E-state index contributed by atoms with van der Waals surface area (Å²) in [6.07, 6.45) is 1.98. The Kier molecular flexibility index (Phi) is 4.41. The second kappa shape index (κ2) is 6.50. The maximum Gasteiger partial charge on any atom is 0.203 e. The molecule has 0 amide bonds. The van der Waals surface area contributed by atoms with Crippen LogP contribution in [0, 0.1) is 11.3 Å². The molecular weight excluding hydrogens is 322 g/mol. The molecule has 3 aromatic rings. The Hall–Kier alpha value is -2.58. The predicted molar refractivity (Wildman–Crippen MR) is 97.6 cm³/mol. The molecule has 3 aromatic carbocycles. The third-order valence-corrected chi connectivity index (χ3v) is 4.92. The highest BCUT2D eigenvalue weighted by Crippen LogP contribution is 2.49. The van der Waals surface area contributed by atoms with Gasteiger partial charge in [-0.2, -0.15) is 5.26 Å². The van der Waals surface area contributed by atoms with E-state index in [2.05, 4.69) is 6.07 Å². The predicted octanol–water partition coefficient (Wildman–Crippen LogP) is 4.61. The highest BCUT2D eigenvalue weighted by Gasteiger charge is 2.22. The quantitative estimate of drug-likeness (QED) is 0.513. The first-order valence-corrected chi connectivity index (χ1v) is 8.55. The maximum absolute atomic E-state index is 9.78. The van der Waals surface area contributed by atoms with Gasteiger partial charge in [0.05, 0.1) is 26.9 Å². The number of methoxy groups -OCH3 is 3. The Morgan fingerprint density at radius 2 is 1.58 bits per heavy atom. The van der Waals surface area contributed by atoms with E-state index in [1.165, 1.54) is 0 Å². The van der Waals surface area contributed by atoms with E-state index in [9.17, 15) is 5.26 Å². The van der Waals surface area contributed by atoms with Crippen molar-refractivity contribution < 1.29 is 14.2 Å². The lowest BCUT2D eigenvalue weighted by Gasteiger charge is -2.18. The Morgan fingerprint density at radius 1 is 0.917 bits per heavy atom. The van der Waals surface area contributed by atoms with Crippen LogP contribution in [0.15, 0.2) is 35.2 Å². The van der Waals surface area contributed by atoms with Crippen LogP contribution >= 0.6 is 11.8 Å². The van der Waals surface area contributed by atoms with Gasteiger partial charge in [0.15, 0.2) is 11.5 Å². The van der Waals surface area contributed by atoms with E-state index in [-0.39, 0.29) is 0 Å². The number of benzene rings is 3. The lowest BCUT2D eigenvalue weighted by atomic mass is 9.96. The van der Waals surface area contributed by atoms with Crippen LogP contribution in [0.5, 0.6) is 17.2 Å². The molecule has 0 spiro atoms. The number of rotatable bonds is 4. The van der Waals surface area contributed by atoms with Crippen molar-refractivity contribution in [3.63, 3.8) is 0 Å². The van der Waals surface area contributed by atoms with Gasteiger partial charge in [0, 0.05) is 15.7 Å². The molecule has 0 aliphatic heterocycles. The zero-order valence-electron chi connectivity index (χ0n) is 14.0. The van der Waals surface area contributed by atoms with Crippen molar-refractivity contribution in [2.75, 3.05) is 27.6 Å². The van der Waals surface area contributed by atoms with Gasteiger partial charge in [0.2, 0.25) is 5.75 Å². The third kappa shape index (κ3) is 2.22. The molecule has 0 bridgehead atoms. The van der Waals surface area contributed by atoms with Crippen LogP contribution in [0.25, 0.3) is 21.5 Å². The van der Waals surface area contributed by atoms with Gasteiger partial charge in [-0.1, -0.05) is 24.3 Å². The van der Waals surface area contributed by atoms with Crippen LogP contribution in [0.2, 0.25) is 0 Å². The normalized spacial score (nSPS) is 10.6. The first kappa shape index (κ1) is 16.3. The molecule has 24 heavy (non-hydrogen) atoms. The zero-order valence-corrected chi connectivity index (χ0v) is 14.8. The fourth-order valence-electron chi connectivity index (χ4n) is 3.10. The maximum atomic E-state index is 9.78. The van der Waals surface area contributed by atoms with Crippen molar-refractivity contribution in [2.45, 2.75) is 4.90 Å². The standard InChI is InChI=1S/C19H17NO3S/c1-21-15-9-13-14(10-20)19(24-4)12-8-6-5-7-11(12)16(13)18(23-3)17(15)22-2/h5-9H,1-4H3. The van der Waals surface area contributed by atoms with Gasteiger partial charge < -0.3 is 14.2 Å². The largest absolute Gasteiger partial charge is 0.493 e. The van der Waals surface area contributed by atoms with Crippen LogP contribution in [0.1, 0.15) is 5.56 Å². The van der Waals surface area contributed by atoms with Crippen molar-refractivity contribution in [1.29, 1.82) is 5.26 Å². The number of ether oxygens (including phenoxy) is 3. The summed E-state index contributed by atoms with van der Waals surface area (Å²) in [5.74, 6) is 1.64. The van der Waals surface area contributed by atoms with Gasteiger partial charge in [-0.25, -0.2) is 0 Å². The van der Waals surface area contributed by atoms with Gasteiger partial charge in [0.1, 0.15) is 6.07 Å². The van der Waals surface area contributed by atoms with Crippen molar-refractivity contribution in [1.82, 2.24) is 0 Å². The molecule has 4 nitrogen and oxygen atoms in total. The fourth-order valence-corrected chi connectivity index (χ4v) is 3.86. The monoisotopic (exact) mass is 339 g/mol. The first-order valence-electron chi connectivity index (χ1n) is 7.33. The Morgan fingerprint density at radius 3 is 2.12 bits per heavy atom. The molecule has 0 aliphatic rings. The van der Waals surface area contributed by atoms with Crippen molar-refractivity contribution in [3.05, 3.63) is 35.9 Å². The topological polar surface area (TPSA) is 51.5 Å². The lowest BCUT2D eigenvalue weighted by molar-refractivity contribution is 0.327. The molecule has 0 unspecified atom stereocenters. The number of hydrogen-bond donors (Lipinski definition) is 0. The minimum absolute atomic E-state index is 0.526. The molecule has 3 rings (SSSR count). The van der Waals surface area contributed by atoms with Gasteiger partial charge >= 0.3 is 0 Å². The van der Waals surface area contributed by atoms with E-state index in [1.807, 2.05) is 36.6 Å². The number of nitriles is 1. The summed E-state index contributed by atoms with van der Waals surface area (Å²) in [7, 11) is 4.75. The van der Waals surface area contributed by atoms with Crippen LogP contribution in [-0.4, -0.2) is 27.6 Å². The number of hydrogen-bond acceptors (Lipinski definition) is 5. The fraction of sp³-hybridized carbons (Fsp3) is 0.211. The molecule has 0 aliphatic carbocycles. The van der Waals surface area contributed by atoms with E-state index in [0.717, 1.165) is 26.4 Å². The van der Waals surface area contributed by atoms with E-state index < -0.39 is 0 Å². The molecule has 122 valence electrons. The minimum Gasteiger partial charge on any atom is -0.493 e. The molecule has 0 N–H and O–H groups in total. The molecule has 0 fully saturated rings.